The van der Waals surface area contributed by atoms with Crippen molar-refractivity contribution in [3.63, 3.8) is 0 Å². The predicted octanol–water partition coefficient (Wildman–Crippen LogP) is 1.46. The van der Waals surface area contributed by atoms with Crippen LogP contribution >= 0.6 is 0 Å². The number of hydrogen-bond acceptors (Lipinski definition) is 4. The number of aromatic carboxylic acids is 1. The number of nitrogen functional groups attached to an aromatic ring is 1. The second-order valence-corrected chi connectivity index (χ2v) is 3.53. The Morgan fingerprint density at radius 2 is 2.12 bits per heavy atom. The molecule has 1 aromatic rings. The molecule has 5 nitrogen and oxygen atoms in total. The predicted molar refractivity (Wildman–Crippen MR) is 62.8 cm³/mol. The number of anilines is 1. The highest BCUT2D eigenvalue weighted by atomic mass is 16.5. The number of nitrogens with two attached hydrogens (primary N) is 1. The summed E-state index contributed by atoms with van der Waals surface area (Å²) in [6, 6.07) is 4.63. The Morgan fingerprint density at radius 1 is 1.41 bits per heavy atom. The zero-order valence-electron chi connectivity index (χ0n) is 9.60. The van der Waals surface area contributed by atoms with E-state index >= 15 is 0 Å². The van der Waals surface area contributed by atoms with E-state index in [4.69, 9.17) is 15.6 Å². The van der Waals surface area contributed by atoms with Crippen molar-refractivity contribution in [2.45, 2.75) is 19.8 Å². The van der Waals surface area contributed by atoms with Crippen molar-refractivity contribution < 1.29 is 19.4 Å². The van der Waals surface area contributed by atoms with Crippen LogP contribution < -0.4 is 5.73 Å². The lowest BCUT2D eigenvalue weighted by molar-refractivity contribution is -0.143. The van der Waals surface area contributed by atoms with Gasteiger partial charge in [0.1, 0.15) is 0 Å². The van der Waals surface area contributed by atoms with Gasteiger partial charge in [-0.05, 0) is 31.0 Å². The van der Waals surface area contributed by atoms with E-state index < -0.39 is 5.97 Å². The smallest absolute Gasteiger partial charge is 0.336 e. The SMILES string of the molecule is CCOC(=O)CCc1ccc(N)cc1C(=O)O. The summed E-state index contributed by atoms with van der Waals surface area (Å²) in [5, 5.41) is 8.99. The summed E-state index contributed by atoms with van der Waals surface area (Å²) < 4.78 is 4.78. The van der Waals surface area contributed by atoms with Crippen LogP contribution in [0.4, 0.5) is 5.69 Å². The monoisotopic (exact) mass is 237 g/mol. The van der Waals surface area contributed by atoms with E-state index in [0.717, 1.165) is 0 Å². The highest BCUT2D eigenvalue weighted by molar-refractivity contribution is 5.90. The van der Waals surface area contributed by atoms with Gasteiger partial charge in [0.2, 0.25) is 0 Å². The summed E-state index contributed by atoms with van der Waals surface area (Å²) in [5.41, 5.74) is 6.62. The molecule has 1 rings (SSSR count). The van der Waals surface area contributed by atoms with Crippen LogP contribution in [0.5, 0.6) is 0 Å². The van der Waals surface area contributed by atoms with Gasteiger partial charge < -0.3 is 15.6 Å². The Bertz CT molecular complexity index is 429. The van der Waals surface area contributed by atoms with Crippen molar-refractivity contribution in [2.24, 2.45) is 0 Å². The largest absolute Gasteiger partial charge is 0.478 e. The van der Waals surface area contributed by atoms with Gasteiger partial charge in [-0.25, -0.2) is 4.79 Å². The van der Waals surface area contributed by atoms with Crippen LogP contribution in [0.25, 0.3) is 0 Å². The summed E-state index contributed by atoms with van der Waals surface area (Å²) in [5.74, 6) is -1.38. The molecular formula is C12H15NO4. The number of carboxylic acids is 1. The average molecular weight is 237 g/mol. The van der Waals surface area contributed by atoms with Crippen LogP contribution in [0.2, 0.25) is 0 Å². The maximum atomic E-state index is 11.2. The molecule has 0 bridgehead atoms. The second-order valence-electron chi connectivity index (χ2n) is 3.53. The van der Waals surface area contributed by atoms with E-state index in [-0.39, 0.29) is 18.0 Å². The third-order valence-electron chi connectivity index (χ3n) is 2.27. The lowest BCUT2D eigenvalue weighted by Crippen LogP contribution is -2.08. The summed E-state index contributed by atoms with van der Waals surface area (Å²) >= 11 is 0. The highest BCUT2D eigenvalue weighted by Gasteiger charge is 2.12. The average Bonchev–Trinajstić information content (AvgIpc) is 2.27. The Balaban J connectivity index is 2.77. The summed E-state index contributed by atoms with van der Waals surface area (Å²) in [6.07, 6.45) is 0.499. The number of ether oxygens (including phenoxy) is 1. The van der Waals surface area contributed by atoms with Crippen molar-refractivity contribution >= 4 is 17.6 Å². The van der Waals surface area contributed by atoms with Crippen molar-refractivity contribution in [2.75, 3.05) is 12.3 Å². The van der Waals surface area contributed by atoms with Crippen molar-refractivity contribution in [3.8, 4) is 0 Å². The standard InChI is InChI=1S/C12H15NO4/c1-2-17-11(14)6-4-8-3-5-9(13)7-10(8)12(15)16/h3,5,7H,2,4,6,13H2,1H3,(H,15,16). The van der Waals surface area contributed by atoms with Gasteiger partial charge in [-0.1, -0.05) is 6.07 Å². The quantitative estimate of drug-likeness (QED) is 0.597. The van der Waals surface area contributed by atoms with E-state index in [9.17, 15) is 9.59 Å². The van der Waals surface area contributed by atoms with Crippen LogP contribution in [0.1, 0.15) is 29.3 Å². The van der Waals surface area contributed by atoms with Crippen molar-refractivity contribution in [1.82, 2.24) is 0 Å². The zero-order valence-corrected chi connectivity index (χ0v) is 9.60. The molecule has 0 aliphatic rings. The molecule has 0 aliphatic carbocycles. The number of aryl methyl sites for hydroxylation is 1. The fourth-order valence-corrected chi connectivity index (χ4v) is 1.48. The molecule has 1 aromatic carbocycles. The van der Waals surface area contributed by atoms with Gasteiger partial charge in [-0.3, -0.25) is 4.79 Å². The molecule has 3 N–H and O–H groups in total. The molecule has 0 aliphatic heterocycles. The number of benzene rings is 1. The molecule has 0 saturated carbocycles. The van der Waals surface area contributed by atoms with Gasteiger partial charge in [0.15, 0.2) is 0 Å². The third kappa shape index (κ3) is 3.79. The zero-order chi connectivity index (χ0) is 12.8. The number of carboxylic acid groups (broad SMARTS) is 1. The molecule has 92 valence electrons. The highest BCUT2D eigenvalue weighted by Crippen LogP contribution is 2.15. The Labute approximate surface area is 99.2 Å². The van der Waals surface area contributed by atoms with Crippen LogP contribution in [0.15, 0.2) is 18.2 Å². The Hall–Kier alpha value is -2.04. The Morgan fingerprint density at radius 3 is 2.71 bits per heavy atom. The molecule has 0 aromatic heterocycles. The van der Waals surface area contributed by atoms with Gasteiger partial charge in [-0.2, -0.15) is 0 Å². The Kier molecular flexibility index (Phi) is 4.51. The number of esters is 1. The fraction of sp³-hybridized carbons (Fsp3) is 0.333. The normalized spacial score (nSPS) is 9.94. The summed E-state index contributed by atoms with van der Waals surface area (Å²) in [4.78, 5) is 22.1. The molecule has 0 heterocycles. The first-order valence-corrected chi connectivity index (χ1v) is 5.32. The lowest BCUT2D eigenvalue weighted by atomic mass is 10.0. The molecule has 5 heteroatoms. The third-order valence-corrected chi connectivity index (χ3v) is 2.27. The summed E-state index contributed by atoms with van der Waals surface area (Å²) in [7, 11) is 0. The lowest BCUT2D eigenvalue weighted by Gasteiger charge is -2.06. The maximum Gasteiger partial charge on any atom is 0.336 e. The van der Waals surface area contributed by atoms with Crippen LogP contribution in [-0.2, 0) is 16.0 Å². The van der Waals surface area contributed by atoms with E-state index in [1.54, 1.807) is 19.1 Å². The van der Waals surface area contributed by atoms with Gasteiger partial charge in [0.25, 0.3) is 0 Å². The topological polar surface area (TPSA) is 89.6 Å². The molecule has 17 heavy (non-hydrogen) atoms. The minimum absolute atomic E-state index is 0.134. The summed E-state index contributed by atoms with van der Waals surface area (Å²) in [6.45, 7) is 2.05. The van der Waals surface area contributed by atoms with Crippen molar-refractivity contribution in [1.29, 1.82) is 0 Å². The molecule has 0 unspecified atom stereocenters. The minimum atomic E-state index is -1.05. The maximum absolute atomic E-state index is 11.2. The van der Waals surface area contributed by atoms with Gasteiger partial charge in [-0.15, -0.1) is 0 Å². The van der Waals surface area contributed by atoms with E-state index in [1.807, 2.05) is 0 Å². The molecule has 0 amide bonds. The van der Waals surface area contributed by atoms with E-state index in [1.165, 1.54) is 6.07 Å². The molecule has 0 fully saturated rings. The number of carbonyl (C=O) groups excluding carboxylic acids is 1. The number of hydrogen-bond donors (Lipinski definition) is 2. The number of carbonyl (C=O) groups is 2. The minimum Gasteiger partial charge on any atom is -0.478 e. The van der Waals surface area contributed by atoms with Crippen LogP contribution in [-0.4, -0.2) is 23.7 Å². The second kappa shape index (κ2) is 5.89. The van der Waals surface area contributed by atoms with Crippen LogP contribution in [0, 0.1) is 0 Å². The first kappa shape index (κ1) is 13.0. The molecular weight excluding hydrogens is 222 g/mol. The molecule has 0 spiro atoms. The number of rotatable bonds is 5. The van der Waals surface area contributed by atoms with E-state index in [0.29, 0.717) is 24.3 Å². The fourth-order valence-electron chi connectivity index (χ4n) is 1.48. The van der Waals surface area contributed by atoms with Gasteiger partial charge in [0, 0.05) is 12.1 Å². The molecule has 0 radical (unpaired) electrons. The van der Waals surface area contributed by atoms with E-state index in [2.05, 4.69) is 0 Å². The van der Waals surface area contributed by atoms with Crippen molar-refractivity contribution in [3.05, 3.63) is 29.3 Å². The van der Waals surface area contributed by atoms with Crippen LogP contribution in [0.3, 0.4) is 0 Å². The first-order valence-electron chi connectivity index (χ1n) is 5.32. The first-order chi connectivity index (χ1) is 8.04. The van der Waals surface area contributed by atoms with Gasteiger partial charge >= 0.3 is 11.9 Å². The molecule has 0 atom stereocenters. The van der Waals surface area contributed by atoms with Gasteiger partial charge in [0.05, 0.1) is 12.2 Å². The molecule has 0 saturated heterocycles.